The fourth-order valence-corrected chi connectivity index (χ4v) is 0.306. The fourth-order valence-electron chi connectivity index (χ4n) is 0.306. The molecular weight excluding hydrogens is 126 g/mol. The lowest BCUT2D eigenvalue weighted by atomic mass is 10.00. The second-order valence-electron chi connectivity index (χ2n) is 3.29. The molecule has 2 heteroatoms. The van der Waals surface area contributed by atoms with Gasteiger partial charge in [0.2, 0.25) is 0 Å². The molecule has 2 nitrogen and oxygen atoms in total. The Hall–Kier alpha value is -0.530. The molecule has 0 N–H and O–H groups in total. The zero-order chi connectivity index (χ0) is 8.04. The van der Waals surface area contributed by atoms with Crippen LogP contribution in [0.15, 0.2) is 5.16 Å². The lowest BCUT2D eigenvalue weighted by molar-refractivity contribution is 0.144. The lowest BCUT2D eigenvalue weighted by Gasteiger charge is -2.07. The van der Waals surface area contributed by atoms with Gasteiger partial charge in [0.15, 0.2) is 0 Å². The second kappa shape index (κ2) is 4.31. The van der Waals surface area contributed by atoms with Crippen molar-refractivity contribution in [3.05, 3.63) is 0 Å². The van der Waals surface area contributed by atoms with Crippen LogP contribution in [0.4, 0.5) is 0 Å². The van der Waals surface area contributed by atoms with Gasteiger partial charge >= 0.3 is 0 Å². The Morgan fingerprint density at radius 3 is 2.40 bits per heavy atom. The molecule has 0 aromatic rings. The topological polar surface area (TPSA) is 21.6 Å². The van der Waals surface area contributed by atoms with E-state index in [9.17, 15) is 0 Å². The molecule has 0 saturated heterocycles. The van der Waals surface area contributed by atoms with Crippen molar-refractivity contribution in [2.75, 3.05) is 6.61 Å². The van der Waals surface area contributed by atoms with Gasteiger partial charge in [-0.2, -0.15) is 0 Å². The van der Waals surface area contributed by atoms with Gasteiger partial charge in [-0.1, -0.05) is 32.9 Å². The molecule has 0 aliphatic carbocycles. The van der Waals surface area contributed by atoms with Gasteiger partial charge in [0, 0.05) is 5.41 Å². The zero-order valence-corrected chi connectivity index (χ0v) is 7.27. The van der Waals surface area contributed by atoms with E-state index in [0.717, 1.165) is 6.42 Å². The van der Waals surface area contributed by atoms with Gasteiger partial charge in [-0.3, -0.25) is 0 Å². The van der Waals surface area contributed by atoms with Crippen LogP contribution in [-0.2, 0) is 4.84 Å². The molecule has 0 rings (SSSR count). The molecule has 0 unspecified atom stereocenters. The summed E-state index contributed by atoms with van der Waals surface area (Å²) in [4.78, 5) is 4.87. The molecule has 0 aromatic carbocycles. The maximum atomic E-state index is 4.87. The summed E-state index contributed by atoms with van der Waals surface area (Å²) in [6.45, 7) is 8.83. The summed E-state index contributed by atoms with van der Waals surface area (Å²) in [5.74, 6) is 0. The van der Waals surface area contributed by atoms with Gasteiger partial charge in [-0.05, 0) is 6.42 Å². The third kappa shape index (κ3) is 7.47. The van der Waals surface area contributed by atoms with Crippen LogP contribution in [0.1, 0.15) is 34.1 Å². The average Bonchev–Trinajstić information content (AvgIpc) is 1.78. The predicted molar refractivity (Wildman–Crippen MR) is 43.1 cm³/mol. The van der Waals surface area contributed by atoms with Gasteiger partial charge in [-0.15, -0.1) is 0 Å². The van der Waals surface area contributed by atoms with Crippen LogP contribution in [0, 0.1) is 5.41 Å². The van der Waals surface area contributed by atoms with E-state index in [2.05, 4.69) is 11.4 Å². The summed E-state index contributed by atoms with van der Waals surface area (Å²) >= 11 is 0. The Labute approximate surface area is 63.3 Å². The highest BCUT2D eigenvalue weighted by Crippen LogP contribution is 2.08. The third-order valence-electron chi connectivity index (χ3n) is 0.741. The minimum absolute atomic E-state index is 0.00768. The highest BCUT2D eigenvalue weighted by Gasteiger charge is 2.06. The van der Waals surface area contributed by atoms with Crippen molar-refractivity contribution < 1.29 is 4.84 Å². The lowest BCUT2D eigenvalue weighted by Crippen LogP contribution is -2.06. The molecule has 0 amide bonds. The Kier molecular flexibility index (Phi) is 4.08. The number of hydrogen-bond acceptors (Lipinski definition) is 2. The highest BCUT2D eigenvalue weighted by atomic mass is 16.6. The minimum Gasteiger partial charge on any atom is -0.396 e. The van der Waals surface area contributed by atoms with Gasteiger partial charge in [0.1, 0.15) is 12.8 Å². The molecule has 59 valence electrons. The Morgan fingerprint density at radius 2 is 2.00 bits per heavy atom. The van der Waals surface area contributed by atoms with Gasteiger partial charge in [0.05, 0.1) is 0 Å². The standard InChI is InChI=1S/C8H16NO/c1-5-6-10-9-7-8(2,3)4/h5-6H2,1-4H3. The van der Waals surface area contributed by atoms with Crippen molar-refractivity contribution in [2.45, 2.75) is 34.1 Å². The number of hydrogen-bond donors (Lipinski definition) is 0. The molecule has 1 radical (unpaired) electrons. The average molecular weight is 142 g/mol. The van der Waals surface area contributed by atoms with Crippen molar-refractivity contribution in [2.24, 2.45) is 10.6 Å². The van der Waals surface area contributed by atoms with E-state index < -0.39 is 0 Å². The van der Waals surface area contributed by atoms with E-state index >= 15 is 0 Å². The van der Waals surface area contributed by atoms with Crippen molar-refractivity contribution >= 4 is 6.21 Å². The van der Waals surface area contributed by atoms with Crippen LogP contribution in [0.2, 0.25) is 0 Å². The highest BCUT2D eigenvalue weighted by molar-refractivity contribution is 5.63. The number of rotatable bonds is 3. The van der Waals surface area contributed by atoms with Crippen molar-refractivity contribution in [1.82, 2.24) is 0 Å². The van der Waals surface area contributed by atoms with Gasteiger partial charge < -0.3 is 4.84 Å². The first kappa shape index (κ1) is 9.47. The van der Waals surface area contributed by atoms with E-state index in [1.807, 2.05) is 27.7 Å². The summed E-state index contributed by atoms with van der Waals surface area (Å²) in [6.07, 6.45) is 3.85. The summed E-state index contributed by atoms with van der Waals surface area (Å²) in [5, 5.41) is 3.68. The summed E-state index contributed by atoms with van der Waals surface area (Å²) in [5.41, 5.74) is 0.00768. The fraction of sp³-hybridized carbons (Fsp3) is 0.875. The first-order valence-corrected chi connectivity index (χ1v) is 3.65. The van der Waals surface area contributed by atoms with Gasteiger partial charge in [0.25, 0.3) is 0 Å². The van der Waals surface area contributed by atoms with E-state index in [4.69, 9.17) is 4.84 Å². The monoisotopic (exact) mass is 142 g/mol. The Bertz CT molecular complexity index is 102. The van der Waals surface area contributed by atoms with Crippen LogP contribution >= 0.6 is 0 Å². The molecule has 0 bridgehead atoms. The quantitative estimate of drug-likeness (QED) is 0.336. The van der Waals surface area contributed by atoms with Crippen molar-refractivity contribution in [3.63, 3.8) is 0 Å². The molecule has 10 heavy (non-hydrogen) atoms. The smallest absolute Gasteiger partial charge is 0.116 e. The molecule has 0 atom stereocenters. The molecule has 0 saturated carbocycles. The van der Waals surface area contributed by atoms with Crippen LogP contribution < -0.4 is 0 Å². The SMILES string of the molecule is CCCO/N=[C]\C(C)(C)C. The molecule has 0 heterocycles. The second-order valence-corrected chi connectivity index (χ2v) is 3.29. The van der Waals surface area contributed by atoms with Crippen LogP contribution in [-0.4, -0.2) is 12.8 Å². The largest absolute Gasteiger partial charge is 0.396 e. The summed E-state index contributed by atoms with van der Waals surface area (Å²) in [6, 6.07) is 0. The van der Waals surface area contributed by atoms with E-state index in [1.54, 1.807) is 0 Å². The van der Waals surface area contributed by atoms with Crippen molar-refractivity contribution in [3.8, 4) is 0 Å². The molecule has 0 aromatic heterocycles. The van der Waals surface area contributed by atoms with Crippen LogP contribution in [0.3, 0.4) is 0 Å². The van der Waals surface area contributed by atoms with Crippen LogP contribution in [0.5, 0.6) is 0 Å². The maximum absolute atomic E-state index is 4.87. The molecule has 0 aliphatic heterocycles. The van der Waals surface area contributed by atoms with E-state index in [0.29, 0.717) is 6.61 Å². The summed E-state index contributed by atoms with van der Waals surface area (Å²) < 4.78 is 0. The predicted octanol–water partition coefficient (Wildman–Crippen LogP) is 2.32. The minimum atomic E-state index is 0.00768. The maximum Gasteiger partial charge on any atom is 0.116 e. The molecule has 0 spiro atoms. The van der Waals surface area contributed by atoms with Gasteiger partial charge in [-0.25, -0.2) is 0 Å². The van der Waals surface area contributed by atoms with E-state index in [1.165, 1.54) is 0 Å². The molecule has 0 aliphatic rings. The Morgan fingerprint density at radius 1 is 1.40 bits per heavy atom. The number of nitrogens with zero attached hydrogens (tertiary/aromatic N) is 1. The van der Waals surface area contributed by atoms with Crippen molar-refractivity contribution in [1.29, 1.82) is 0 Å². The first-order valence-electron chi connectivity index (χ1n) is 3.65. The molecule has 0 fully saturated rings. The zero-order valence-electron chi connectivity index (χ0n) is 7.27. The molecular formula is C8H16NO. The normalized spacial score (nSPS) is 12.4. The van der Waals surface area contributed by atoms with E-state index in [-0.39, 0.29) is 5.41 Å². The third-order valence-corrected chi connectivity index (χ3v) is 0.741. The van der Waals surface area contributed by atoms with Crippen LogP contribution in [0.25, 0.3) is 0 Å². The summed E-state index contributed by atoms with van der Waals surface area (Å²) in [7, 11) is 0. The first-order chi connectivity index (χ1) is 4.56. The Balaban J connectivity index is 3.37.